The molecule has 3 rings (SSSR count). The van der Waals surface area contributed by atoms with Gasteiger partial charge in [0, 0.05) is 5.75 Å². The van der Waals surface area contributed by atoms with Crippen LogP contribution in [0.4, 0.5) is 0 Å². The quantitative estimate of drug-likeness (QED) is 0.643. The summed E-state index contributed by atoms with van der Waals surface area (Å²) in [5, 5.41) is 22.3. The van der Waals surface area contributed by atoms with Gasteiger partial charge in [-0.25, -0.2) is 4.68 Å². The van der Waals surface area contributed by atoms with E-state index in [2.05, 4.69) is 21.4 Å². The molecule has 0 radical (unpaired) electrons. The Kier molecular flexibility index (Phi) is 5.00. The van der Waals surface area contributed by atoms with Crippen LogP contribution in [-0.2, 0) is 5.75 Å². The number of nitrogens with zero attached hydrogens (tertiary/aromatic N) is 5. The lowest BCUT2D eigenvalue weighted by Gasteiger charge is -2.06. The largest absolute Gasteiger partial charge is 0.235 e. The van der Waals surface area contributed by atoms with Crippen molar-refractivity contribution in [3.63, 3.8) is 0 Å². The van der Waals surface area contributed by atoms with Crippen molar-refractivity contribution in [1.82, 2.24) is 20.0 Å². The Morgan fingerprint density at radius 3 is 2.61 bits per heavy atom. The van der Waals surface area contributed by atoms with Gasteiger partial charge >= 0.3 is 0 Å². The van der Waals surface area contributed by atoms with Gasteiger partial charge in [-0.05, 0) is 25.3 Å². The van der Waals surface area contributed by atoms with Crippen LogP contribution >= 0.6 is 34.9 Å². The average Bonchev–Trinajstić information content (AvgIpc) is 3.17. The molecule has 0 amide bonds. The van der Waals surface area contributed by atoms with Crippen LogP contribution in [0.3, 0.4) is 0 Å². The van der Waals surface area contributed by atoms with Crippen molar-refractivity contribution in [2.45, 2.75) is 21.4 Å². The van der Waals surface area contributed by atoms with Crippen LogP contribution in [0.15, 0.2) is 39.0 Å². The molecule has 0 saturated carbocycles. The summed E-state index contributed by atoms with van der Waals surface area (Å²) in [6, 6.07) is 12.1. The molecular formula is C15H13N5S3. The van der Waals surface area contributed by atoms with Crippen molar-refractivity contribution in [2.24, 2.45) is 0 Å². The Bertz CT molecular complexity index is 848. The van der Waals surface area contributed by atoms with E-state index in [0.29, 0.717) is 11.3 Å². The molecule has 0 aliphatic carbocycles. The maximum atomic E-state index is 9.46. The van der Waals surface area contributed by atoms with E-state index in [9.17, 15) is 5.26 Å². The minimum Gasteiger partial charge on any atom is -0.235 e. The molecular weight excluding hydrogens is 346 g/mol. The zero-order valence-corrected chi connectivity index (χ0v) is 15.0. The molecule has 0 saturated heterocycles. The Morgan fingerprint density at radius 2 is 1.96 bits per heavy atom. The Labute approximate surface area is 146 Å². The molecule has 0 N–H and O–H groups in total. The van der Waals surface area contributed by atoms with Crippen LogP contribution in [0.5, 0.6) is 0 Å². The monoisotopic (exact) mass is 359 g/mol. The summed E-state index contributed by atoms with van der Waals surface area (Å²) < 4.78 is 3.69. The maximum absolute atomic E-state index is 9.46. The molecule has 5 nitrogen and oxygen atoms in total. The van der Waals surface area contributed by atoms with Gasteiger partial charge in [-0.3, -0.25) is 0 Å². The lowest BCUT2D eigenvalue weighted by Crippen LogP contribution is -2.01. The van der Waals surface area contributed by atoms with Crippen molar-refractivity contribution in [3.8, 4) is 11.8 Å². The lowest BCUT2D eigenvalue weighted by molar-refractivity contribution is 0.828. The molecule has 1 aromatic carbocycles. The molecule has 8 heteroatoms. The Morgan fingerprint density at radius 1 is 1.22 bits per heavy atom. The first-order valence-electron chi connectivity index (χ1n) is 6.77. The molecule has 0 spiro atoms. The fourth-order valence-corrected chi connectivity index (χ4v) is 4.54. The summed E-state index contributed by atoms with van der Waals surface area (Å²) in [6.07, 6.45) is 1.98. The molecule has 0 aliphatic rings. The van der Waals surface area contributed by atoms with E-state index in [4.69, 9.17) is 0 Å². The van der Waals surface area contributed by atoms with E-state index in [1.165, 1.54) is 0 Å². The highest BCUT2D eigenvalue weighted by atomic mass is 32.2. The molecule has 0 unspecified atom stereocenters. The van der Waals surface area contributed by atoms with Gasteiger partial charge in [0.15, 0.2) is 8.68 Å². The lowest BCUT2D eigenvalue weighted by atomic mass is 10.2. The number of para-hydroxylation sites is 1. The fraction of sp³-hybridized carbons (Fsp3) is 0.200. The number of benzene rings is 1. The second kappa shape index (κ2) is 7.17. The maximum Gasteiger partial charge on any atom is 0.175 e. The van der Waals surface area contributed by atoms with Gasteiger partial charge in [0.2, 0.25) is 0 Å². The van der Waals surface area contributed by atoms with Crippen molar-refractivity contribution in [2.75, 3.05) is 6.26 Å². The fourth-order valence-electron chi connectivity index (χ4n) is 2.10. The number of aromatic nitrogens is 4. The third-order valence-corrected chi connectivity index (χ3v) is 6.21. The first kappa shape index (κ1) is 16.1. The van der Waals surface area contributed by atoms with E-state index in [1.54, 1.807) is 34.9 Å². The topological polar surface area (TPSA) is 67.4 Å². The van der Waals surface area contributed by atoms with Crippen molar-refractivity contribution in [3.05, 3.63) is 47.3 Å². The normalized spacial score (nSPS) is 10.7. The SMILES string of the molecule is CSc1nnc(SCc2c(C#N)c(C)nn2-c2ccccc2)s1. The predicted octanol–water partition coefficient (Wildman–Crippen LogP) is 3.92. The number of hydrogen-bond donors (Lipinski definition) is 0. The van der Waals surface area contributed by atoms with E-state index in [0.717, 1.165) is 25.8 Å². The van der Waals surface area contributed by atoms with Gasteiger partial charge in [-0.2, -0.15) is 10.4 Å². The van der Waals surface area contributed by atoms with Gasteiger partial charge in [0.05, 0.1) is 22.6 Å². The first-order valence-corrected chi connectivity index (χ1v) is 9.80. The van der Waals surface area contributed by atoms with Crippen LogP contribution < -0.4 is 0 Å². The average molecular weight is 360 g/mol. The molecule has 0 atom stereocenters. The summed E-state index contributed by atoms with van der Waals surface area (Å²) in [5.41, 5.74) is 3.22. The predicted molar refractivity (Wildman–Crippen MR) is 94.3 cm³/mol. The van der Waals surface area contributed by atoms with Gasteiger partial charge in [-0.15, -0.1) is 10.2 Å². The Hall–Kier alpha value is -1.82. The van der Waals surface area contributed by atoms with Gasteiger partial charge in [0.1, 0.15) is 6.07 Å². The highest BCUT2D eigenvalue weighted by Gasteiger charge is 2.17. The second-order valence-electron chi connectivity index (χ2n) is 4.59. The highest BCUT2D eigenvalue weighted by Crippen LogP contribution is 2.31. The van der Waals surface area contributed by atoms with Crippen molar-refractivity contribution >= 4 is 34.9 Å². The van der Waals surface area contributed by atoms with Gasteiger partial charge in [0.25, 0.3) is 0 Å². The first-order chi connectivity index (χ1) is 11.2. The number of hydrogen-bond acceptors (Lipinski definition) is 7. The number of aryl methyl sites for hydroxylation is 1. The van der Waals surface area contributed by atoms with Crippen LogP contribution in [0, 0.1) is 18.3 Å². The summed E-state index contributed by atoms with van der Waals surface area (Å²) >= 11 is 4.73. The van der Waals surface area contributed by atoms with Gasteiger partial charge in [-0.1, -0.05) is 53.1 Å². The zero-order valence-electron chi connectivity index (χ0n) is 12.6. The standard InChI is InChI=1S/C15H13N5S3/c1-10-12(8-16)13(9-22-15-18-17-14(21-2)23-15)20(19-10)11-6-4-3-5-7-11/h3-7H,9H2,1-2H3. The zero-order chi connectivity index (χ0) is 16.2. The van der Waals surface area contributed by atoms with Crippen molar-refractivity contribution < 1.29 is 0 Å². The molecule has 116 valence electrons. The molecule has 0 bridgehead atoms. The van der Waals surface area contributed by atoms with E-state index in [1.807, 2.05) is 48.2 Å². The number of rotatable bonds is 5. The second-order valence-corrected chi connectivity index (χ2v) is 7.85. The minimum absolute atomic E-state index is 0.627. The molecule has 0 fully saturated rings. The van der Waals surface area contributed by atoms with Crippen molar-refractivity contribution in [1.29, 1.82) is 5.26 Å². The summed E-state index contributed by atoms with van der Waals surface area (Å²) in [7, 11) is 0. The van der Waals surface area contributed by atoms with Crippen LogP contribution in [0.2, 0.25) is 0 Å². The molecule has 2 heterocycles. The van der Waals surface area contributed by atoms with Crippen LogP contribution in [0.1, 0.15) is 17.0 Å². The smallest absolute Gasteiger partial charge is 0.175 e. The van der Waals surface area contributed by atoms with Crippen LogP contribution in [0.25, 0.3) is 5.69 Å². The highest BCUT2D eigenvalue weighted by molar-refractivity contribution is 8.02. The molecule has 0 aliphatic heterocycles. The number of nitriles is 1. The molecule has 3 aromatic rings. The molecule has 2 aromatic heterocycles. The third-order valence-electron chi connectivity index (χ3n) is 3.16. The minimum atomic E-state index is 0.627. The molecule has 23 heavy (non-hydrogen) atoms. The number of thioether (sulfide) groups is 2. The summed E-state index contributed by atoms with van der Waals surface area (Å²) in [5.74, 6) is 0.627. The summed E-state index contributed by atoms with van der Waals surface area (Å²) in [6.45, 7) is 1.86. The summed E-state index contributed by atoms with van der Waals surface area (Å²) in [4.78, 5) is 0. The van der Waals surface area contributed by atoms with Crippen LogP contribution in [-0.4, -0.2) is 26.2 Å². The third kappa shape index (κ3) is 3.42. The van der Waals surface area contributed by atoms with E-state index in [-0.39, 0.29) is 0 Å². The van der Waals surface area contributed by atoms with Gasteiger partial charge < -0.3 is 0 Å². The van der Waals surface area contributed by atoms with E-state index >= 15 is 0 Å². The van der Waals surface area contributed by atoms with E-state index < -0.39 is 0 Å². The Balaban J connectivity index is 1.92.